The van der Waals surface area contributed by atoms with E-state index in [-0.39, 0.29) is 30.7 Å². The summed E-state index contributed by atoms with van der Waals surface area (Å²) in [5.74, 6) is -1.12. The third-order valence-corrected chi connectivity index (χ3v) is 5.84. The smallest absolute Gasteiger partial charge is 0.332 e. The van der Waals surface area contributed by atoms with Crippen LogP contribution in [0.25, 0.3) is 0 Å². The normalized spacial score (nSPS) is 30.6. The van der Waals surface area contributed by atoms with Gasteiger partial charge in [0.25, 0.3) is 0 Å². The lowest BCUT2D eigenvalue weighted by molar-refractivity contribution is -0.177. The van der Waals surface area contributed by atoms with Crippen LogP contribution in [-0.4, -0.2) is 62.6 Å². The zero-order valence-electron chi connectivity index (χ0n) is 18.5. The van der Waals surface area contributed by atoms with E-state index in [4.69, 9.17) is 23.7 Å². The predicted molar refractivity (Wildman–Crippen MR) is 112 cm³/mol. The van der Waals surface area contributed by atoms with E-state index in [0.29, 0.717) is 19.3 Å². The molecule has 31 heavy (non-hydrogen) atoms. The van der Waals surface area contributed by atoms with Gasteiger partial charge in [-0.05, 0) is 50.4 Å². The first-order chi connectivity index (χ1) is 14.9. The third-order valence-electron chi connectivity index (χ3n) is 5.84. The predicted octanol–water partition coefficient (Wildman–Crippen LogP) is 2.75. The van der Waals surface area contributed by atoms with Crippen molar-refractivity contribution in [3.63, 3.8) is 0 Å². The fourth-order valence-corrected chi connectivity index (χ4v) is 4.18. The molecule has 2 rings (SSSR count). The van der Waals surface area contributed by atoms with Crippen LogP contribution in [0.1, 0.15) is 45.4 Å². The molecule has 0 aromatic heterocycles. The molecule has 2 aliphatic rings. The minimum absolute atomic E-state index is 0.158. The van der Waals surface area contributed by atoms with Gasteiger partial charge in [0.2, 0.25) is 0 Å². The molecule has 0 amide bonds. The number of hydrogen-bond donors (Lipinski definition) is 0. The Morgan fingerprint density at radius 3 is 1.74 bits per heavy atom. The van der Waals surface area contributed by atoms with E-state index in [1.54, 1.807) is 7.11 Å². The fourth-order valence-electron chi connectivity index (χ4n) is 4.18. The molecule has 6 atom stereocenters. The number of hydrogen-bond acceptors (Lipinski definition) is 8. The zero-order valence-corrected chi connectivity index (χ0v) is 18.5. The standard InChI is InChI=1S/C23H34O8/c1-5-16-7-9-18(27-4)20(11-16)31-23(26)14-28-13-22(25)30-19-10-8-17(6-2)12-21(19)29-15(3)24/h5-6,16-21H,1-2,7-14H2,3-4H3/t16?,17?,18-,19-,20-,21-/m0/s1. The first-order valence-corrected chi connectivity index (χ1v) is 10.8. The van der Waals surface area contributed by atoms with E-state index in [1.165, 1.54) is 6.92 Å². The summed E-state index contributed by atoms with van der Waals surface area (Å²) < 4.78 is 26.8. The van der Waals surface area contributed by atoms with E-state index < -0.39 is 36.7 Å². The Hall–Kier alpha value is -2.19. The molecule has 0 radical (unpaired) electrons. The molecule has 0 spiro atoms. The summed E-state index contributed by atoms with van der Waals surface area (Å²) >= 11 is 0. The van der Waals surface area contributed by atoms with E-state index in [0.717, 1.165) is 19.3 Å². The van der Waals surface area contributed by atoms with Gasteiger partial charge in [0, 0.05) is 14.0 Å². The van der Waals surface area contributed by atoms with Gasteiger partial charge in [0.05, 0.1) is 6.10 Å². The van der Waals surface area contributed by atoms with Crippen LogP contribution in [0.2, 0.25) is 0 Å². The van der Waals surface area contributed by atoms with E-state index in [2.05, 4.69) is 13.2 Å². The maximum absolute atomic E-state index is 12.2. The average molecular weight is 439 g/mol. The molecule has 2 saturated carbocycles. The number of allylic oxidation sites excluding steroid dienone is 2. The Morgan fingerprint density at radius 2 is 1.26 bits per heavy atom. The lowest BCUT2D eigenvalue weighted by Crippen LogP contribution is -2.40. The van der Waals surface area contributed by atoms with Crippen molar-refractivity contribution in [2.75, 3.05) is 20.3 Å². The van der Waals surface area contributed by atoms with Gasteiger partial charge in [0.1, 0.15) is 31.5 Å². The number of ether oxygens (including phenoxy) is 5. The number of carbonyl (C=O) groups excluding carboxylic acids is 3. The van der Waals surface area contributed by atoms with Gasteiger partial charge in [-0.15, -0.1) is 13.2 Å². The first-order valence-electron chi connectivity index (χ1n) is 10.8. The molecule has 0 aliphatic heterocycles. The van der Waals surface area contributed by atoms with Gasteiger partial charge in [-0.2, -0.15) is 0 Å². The van der Waals surface area contributed by atoms with Gasteiger partial charge in [-0.25, -0.2) is 9.59 Å². The van der Waals surface area contributed by atoms with Crippen LogP contribution in [0.5, 0.6) is 0 Å². The molecule has 8 heteroatoms. The van der Waals surface area contributed by atoms with Crippen LogP contribution in [0.15, 0.2) is 25.3 Å². The summed E-state index contributed by atoms with van der Waals surface area (Å²) in [7, 11) is 1.60. The molecule has 0 aromatic carbocycles. The Morgan fingerprint density at radius 1 is 0.774 bits per heavy atom. The Balaban J connectivity index is 1.75. The highest BCUT2D eigenvalue weighted by Gasteiger charge is 2.35. The Bertz CT molecular complexity index is 645. The third kappa shape index (κ3) is 8.10. The van der Waals surface area contributed by atoms with E-state index >= 15 is 0 Å². The summed E-state index contributed by atoms with van der Waals surface area (Å²) in [5.41, 5.74) is 0. The molecule has 8 nitrogen and oxygen atoms in total. The van der Waals surface area contributed by atoms with Crippen LogP contribution < -0.4 is 0 Å². The maximum Gasteiger partial charge on any atom is 0.332 e. The monoisotopic (exact) mass is 438 g/mol. The van der Waals surface area contributed by atoms with E-state index in [9.17, 15) is 14.4 Å². The van der Waals surface area contributed by atoms with Gasteiger partial charge in [0.15, 0.2) is 0 Å². The van der Waals surface area contributed by atoms with Crippen LogP contribution in [0.4, 0.5) is 0 Å². The SMILES string of the molecule is C=CC1CC[C@H](OC(=O)COCC(=O)O[C@H]2CC(C=C)CC[C@@H]2OC)[C@@H](OC(C)=O)C1. The molecule has 0 bridgehead atoms. The highest BCUT2D eigenvalue weighted by molar-refractivity contribution is 5.73. The summed E-state index contributed by atoms with van der Waals surface area (Å²) in [6.07, 6.45) is 6.41. The fraction of sp³-hybridized carbons (Fsp3) is 0.696. The van der Waals surface area contributed by atoms with Crippen molar-refractivity contribution in [1.82, 2.24) is 0 Å². The van der Waals surface area contributed by atoms with E-state index in [1.807, 2.05) is 12.2 Å². The largest absolute Gasteiger partial charge is 0.459 e. The minimum atomic E-state index is -0.619. The van der Waals surface area contributed by atoms with Gasteiger partial charge in [-0.1, -0.05) is 12.2 Å². The molecule has 2 aliphatic carbocycles. The van der Waals surface area contributed by atoms with Crippen molar-refractivity contribution in [1.29, 1.82) is 0 Å². The number of methoxy groups -OCH3 is 1. The zero-order chi connectivity index (χ0) is 22.8. The lowest BCUT2D eigenvalue weighted by Gasteiger charge is -2.34. The molecule has 2 fully saturated rings. The molecule has 0 heterocycles. The maximum atomic E-state index is 12.2. The number of esters is 3. The Kier molecular flexibility index (Phi) is 10.2. The molecule has 0 aromatic rings. The Labute approximate surface area is 183 Å². The molecular formula is C23H34O8. The van der Waals surface area contributed by atoms with Crippen molar-refractivity contribution >= 4 is 17.9 Å². The second-order valence-electron chi connectivity index (χ2n) is 8.09. The van der Waals surface area contributed by atoms with Crippen LogP contribution >= 0.6 is 0 Å². The van der Waals surface area contributed by atoms with Gasteiger partial charge >= 0.3 is 17.9 Å². The summed E-state index contributed by atoms with van der Waals surface area (Å²) in [5, 5.41) is 0. The second kappa shape index (κ2) is 12.6. The summed E-state index contributed by atoms with van der Waals surface area (Å²) in [4.78, 5) is 35.6. The van der Waals surface area contributed by atoms with Crippen LogP contribution in [0.3, 0.4) is 0 Å². The molecule has 0 N–H and O–H groups in total. The number of rotatable bonds is 10. The van der Waals surface area contributed by atoms with Crippen molar-refractivity contribution in [3.8, 4) is 0 Å². The molecule has 174 valence electrons. The van der Waals surface area contributed by atoms with Crippen LogP contribution in [0, 0.1) is 11.8 Å². The summed E-state index contributed by atoms with van der Waals surface area (Å²) in [6, 6.07) is 0. The molecule has 2 unspecified atom stereocenters. The van der Waals surface area contributed by atoms with Gasteiger partial charge in [-0.3, -0.25) is 4.79 Å². The molecular weight excluding hydrogens is 404 g/mol. The second-order valence-corrected chi connectivity index (χ2v) is 8.09. The quantitative estimate of drug-likeness (QED) is 0.292. The van der Waals surface area contributed by atoms with Crippen molar-refractivity contribution in [3.05, 3.63) is 25.3 Å². The van der Waals surface area contributed by atoms with Crippen molar-refractivity contribution in [2.45, 2.75) is 69.9 Å². The minimum Gasteiger partial charge on any atom is -0.459 e. The average Bonchev–Trinajstić information content (AvgIpc) is 2.74. The van der Waals surface area contributed by atoms with Crippen LogP contribution in [-0.2, 0) is 38.1 Å². The summed E-state index contributed by atoms with van der Waals surface area (Å²) in [6.45, 7) is 8.15. The highest BCUT2D eigenvalue weighted by Crippen LogP contribution is 2.30. The van der Waals surface area contributed by atoms with Gasteiger partial charge < -0.3 is 23.7 Å². The van der Waals surface area contributed by atoms with Crippen molar-refractivity contribution < 1.29 is 38.1 Å². The molecule has 0 saturated heterocycles. The number of carbonyl (C=O) groups is 3. The first kappa shape index (κ1) is 25.1. The topological polar surface area (TPSA) is 97.4 Å². The lowest BCUT2D eigenvalue weighted by atomic mass is 9.85. The highest BCUT2D eigenvalue weighted by atomic mass is 16.6. The van der Waals surface area contributed by atoms with Crippen molar-refractivity contribution in [2.24, 2.45) is 11.8 Å².